The summed E-state index contributed by atoms with van der Waals surface area (Å²) in [6.07, 6.45) is 2.30. The van der Waals surface area contributed by atoms with Crippen molar-refractivity contribution in [3.05, 3.63) is 45.4 Å². The van der Waals surface area contributed by atoms with Crippen molar-refractivity contribution in [2.24, 2.45) is 7.05 Å². The van der Waals surface area contributed by atoms with Gasteiger partial charge in [-0.2, -0.15) is 5.10 Å². The lowest BCUT2D eigenvalue weighted by Gasteiger charge is -2.14. The molecular weight excluding hydrogens is 408 g/mol. The fraction of sp³-hybridized carbons (Fsp3) is 0.458. The molecule has 1 aromatic carbocycles. The third-order valence-corrected chi connectivity index (χ3v) is 5.31. The predicted molar refractivity (Wildman–Crippen MR) is 126 cm³/mol. The van der Waals surface area contributed by atoms with Gasteiger partial charge >= 0.3 is 0 Å². The van der Waals surface area contributed by atoms with Crippen molar-refractivity contribution in [3.63, 3.8) is 0 Å². The Morgan fingerprint density at radius 2 is 1.81 bits per heavy atom. The Kier molecular flexibility index (Phi) is 7.56. The van der Waals surface area contributed by atoms with Crippen LogP contribution in [0.4, 0.5) is 5.69 Å². The van der Waals surface area contributed by atoms with E-state index in [1.165, 1.54) is 0 Å². The lowest BCUT2D eigenvalue weighted by Crippen LogP contribution is -2.19. The number of nitrogens with one attached hydrogen (secondary N) is 2. The van der Waals surface area contributed by atoms with Crippen LogP contribution < -0.4 is 20.3 Å². The largest absolute Gasteiger partial charge is 0.490 e. The van der Waals surface area contributed by atoms with Crippen LogP contribution in [-0.2, 0) is 18.3 Å². The van der Waals surface area contributed by atoms with Gasteiger partial charge in [0.2, 0.25) is 5.91 Å². The summed E-state index contributed by atoms with van der Waals surface area (Å²) < 4.78 is 13.2. The molecular formula is C24H32N4O4. The van der Waals surface area contributed by atoms with Gasteiger partial charge in [0, 0.05) is 36.2 Å². The van der Waals surface area contributed by atoms with E-state index in [2.05, 4.69) is 15.4 Å². The lowest BCUT2D eigenvalue weighted by atomic mass is 10.0. The minimum atomic E-state index is -0.182. The zero-order valence-electron chi connectivity index (χ0n) is 19.5. The maximum absolute atomic E-state index is 12.6. The van der Waals surface area contributed by atoms with Gasteiger partial charge in [-0.3, -0.25) is 14.3 Å². The van der Waals surface area contributed by atoms with Gasteiger partial charge in [-0.05, 0) is 50.8 Å². The molecule has 0 aliphatic rings. The second-order valence-corrected chi connectivity index (χ2v) is 7.90. The van der Waals surface area contributed by atoms with Crippen LogP contribution in [0.1, 0.15) is 49.9 Å². The Balaban J connectivity index is 1.72. The van der Waals surface area contributed by atoms with Crippen molar-refractivity contribution in [2.45, 2.75) is 53.4 Å². The van der Waals surface area contributed by atoms with Crippen LogP contribution in [0.5, 0.6) is 11.5 Å². The zero-order chi connectivity index (χ0) is 23.3. The Morgan fingerprint density at radius 1 is 1.12 bits per heavy atom. The predicted octanol–water partition coefficient (Wildman–Crippen LogP) is 4.03. The fourth-order valence-corrected chi connectivity index (χ4v) is 3.76. The molecule has 2 heterocycles. The van der Waals surface area contributed by atoms with Gasteiger partial charge in [-0.15, -0.1) is 0 Å². The van der Waals surface area contributed by atoms with E-state index >= 15 is 0 Å². The molecule has 3 aromatic rings. The van der Waals surface area contributed by atoms with Crippen LogP contribution in [0.25, 0.3) is 11.0 Å². The van der Waals surface area contributed by atoms with E-state index in [1.807, 2.05) is 33.8 Å². The minimum Gasteiger partial charge on any atom is -0.490 e. The first kappa shape index (κ1) is 23.4. The molecule has 8 nitrogen and oxygen atoms in total. The number of aromatic nitrogens is 3. The van der Waals surface area contributed by atoms with Crippen LogP contribution in [0.2, 0.25) is 0 Å². The number of H-pyrrole nitrogens is 1. The number of aryl methyl sites for hydroxylation is 3. The monoisotopic (exact) mass is 440 g/mol. The van der Waals surface area contributed by atoms with Crippen LogP contribution in [0, 0.1) is 13.8 Å². The van der Waals surface area contributed by atoms with E-state index in [-0.39, 0.29) is 17.9 Å². The Morgan fingerprint density at radius 3 is 2.50 bits per heavy atom. The molecule has 0 aliphatic carbocycles. The molecule has 0 saturated heterocycles. The van der Waals surface area contributed by atoms with Crippen molar-refractivity contribution in [2.75, 3.05) is 18.5 Å². The first-order chi connectivity index (χ1) is 15.3. The number of amides is 1. The van der Waals surface area contributed by atoms with Crippen molar-refractivity contribution >= 4 is 22.6 Å². The van der Waals surface area contributed by atoms with E-state index in [1.54, 1.807) is 23.9 Å². The Hall–Kier alpha value is -3.29. The smallest absolute Gasteiger partial charge is 0.253 e. The van der Waals surface area contributed by atoms with Gasteiger partial charge < -0.3 is 19.8 Å². The van der Waals surface area contributed by atoms with Gasteiger partial charge in [0.05, 0.1) is 18.9 Å². The number of pyridine rings is 1. The highest BCUT2D eigenvalue weighted by atomic mass is 16.5. The van der Waals surface area contributed by atoms with E-state index in [9.17, 15) is 9.59 Å². The molecule has 3 rings (SSSR count). The third kappa shape index (κ3) is 5.12. The summed E-state index contributed by atoms with van der Waals surface area (Å²) in [5, 5.41) is 8.22. The van der Waals surface area contributed by atoms with E-state index in [4.69, 9.17) is 9.47 Å². The normalized spacial score (nSPS) is 11.0. The topological polar surface area (TPSA) is 98.2 Å². The van der Waals surface area contributed by atoms with Gasteiger partial charge in [-0.25, -0.2) is 0 Å². The van der Waals surface area contributed by atoms with E-state index in [0.717, 1.165) is 29.5 Å². The van der Waals surface area contributed by atoms with Crippen LogP contribution >= 0.6 is 0 Å². The number of rotatable bonds is 10. The highest BCUT2D eigenvalue weighted by Crippen LogP contribution is 2.31. The molecule has 32 heavy (non-hydrogen) atoms. The molecule has 0 spiro atoms. The summed E-state index contributed by atoms with van der Waals surface area (Å²) in [5.74, 6) is 1.11. The van der Waals surface area contributed by atoms with E-state index in [0.29, 0.717) is 48.0 Å². The number of hydrogen-bond acceptors (Lipinski definition) is 5. The highest BCUT2D eigenvalue weighted by molar-refractivity contribution is 5.91. The summed E-state index contributed by atoms with van der Waals surface area (Å²) in [5.41, 5.74) is 3.48. The number of aromatic amines is 1. The van der Waals surface area contributed by atoms with Gasteiger partial charge in [-0.1, -0.05) is 13.8 Å². The number of anilines is 1. The molecule has 2 aromatic heterocycles. The average molecular weight is 441 g/mol. The lowest BCUT2D eigenvalue weighted by molar-refractivity contribution is -0.116. The SMILES string of the molecule is CCCOc1ccc(NC(=O)CCc2c(C)c3c(C)nn(C)c3[nH]c2=O)cc1OCCC. The van der Waals surface area contributed by atoms with Crippen LogP contribution in [-0.4, -0.2) is 33.9 Å². The first-order valence-corrected chi connectivity index (χ1v) is 11.1. The third-order valence-electron chi connectivity index (χ3n) is 5.31. The number of nitrogens with zero attached hydrogens (tertiary/aromatic N) is 2. The van der Waals surface area contributed by atoms with Crippen molar-refractivity contribution in [3.8, 4) is 11.5 Å². The number of carbonyl (C=O) groups excluding carboxylic acids is 1. The number of hydrogen-bond donors (Lipinski definition) is 2. The molecule has 2 N–H and O–H groups in total. The molecule has 172 valence electrons. The molecule has 0 bridgehead atoms. The first-order valence-electron chi connectivity index (χ1n) is 11.1. The summed E-state index contributed by atoms with van der Waals surface area (Å²) in [7, 11) is 1.80. The fourth-order valence-electron chi connectivity index (χ4n) is 3.76. The maximum atomic E-state index is 12.6. The summed E-state index contributed by atoms with van der Waals surface area (Å²) in [6, 6.07) is 5.39. The molecule has 8 heteroatoms. The molecule has 0 unspecified atom stereocenters. The minimum absolute atomic E-state index is 0.171. The Bertz CT molecular complexity index is 1160. The van der Waals surface area contributed by atoms with Gasteiger partial charge in [0.15, 0.2) is 11.5 Å². The molecule has 0 fully saturated rings. The van der Waals surface area contributed by atoms with Crippen molar-refractivity contribution < 1.29 is 14.3 Å². The van der Waals surface area contributed by atoms with Gasteiger partial charge in [0.25, 0.3) is 5.56 Å². The summed E-state index contributed by atoms with van der Waals surface area (Å²) in [6.45, 7) is 9.07. The van der Waals surface area contributed by atoms with Crippen LogP contribution in [0.15, 0.2) is 23.0 Å². The number of fused-ring (bicyclic) bond motifs is 1. The second-order valence-electron chi connectivity index (χ2n) is 7.90. The number of ether oxygens (including phenoxy) is 2. The van der Waals surface area contributed by atoms with Gasteiger partial charge in [0.1, 0.15) is 5.65 Å². The average Bonchev–Trinajstić information content (AvgIpc) is 3.04. The number of benzene rings is 1. The highest BCUT2D eigenvalue weighted by Gasteiger charge is 2.16. The molecule has 0 atom stereocenters. The standard InChI is InChI=1S/C24H32N4O4/c1-6-12-31-19-10-8-17(14-20(19)32-13-7-2)25-21(29)11-9-18-15(3)22-16(4)27-28(5)23(22)26-24(18)30/h8,10,14H,6-7,9,11-13H2,1-5H3,(H,25,29)(H,26,30). The van der Waals surface area contributed by atoms with Crippen molar-refractivity contribution in [1.29, 1.82) is 0 Å². The summed E-state index contributed by atoms with van der Waals surface area (Å²) in [4.78, 5) is 28.1. The quantitative estimate of drug-likeness (QED) is 0.496. The maximum Gasteiger partial charge on any atom is 0.253 e. The van der Waals surface area contributed by atoms with E-state index < -0.39 is 0 Å². The molecule has 1 amide bonds. The Labute approximate surface area is 187 Å². The number of carbonyl (C=O) groups is 1. The summed E-state index contributed by atoms with van der Waals surface area (Å²) >= 11 is 0. The second kappa shape index (κ2) is 10.3. The molecule has 0 aliphatic heterocycles. The van der Waals surface area contributed by atoms with Crippen molar-refractivity contribution in [1.82, 2.24) is 14.8 Å². The molecule has 0 radical (unpaired) electrons. The zero-order valence-corrected chi connectivity index (χ0v) is 19.5. The van der Waals surface area contributed by atoms with Crippen LogP contribution in [0.3, 0.4) is 0 Å². The molecule has 0 saturated carbocycles.